The van der Waals surface area contributed by atoms with Gasteiger partial charge in [0.05, 0.1) is 18.2 Å². The third kappa shape index (κ3) is 2.71. The lowest BCUT2D eigenvalue weighted by Gasteiger charge is -2.11. The summed E-state index contributed by atoms with van der Waals surface area (Å²) in [5.74, 6) is 1.72. The van der Waals surface area contributed by atoms with Crippen molar-refractivity contribution in [1.82, 2.24) is 9.97 Å². The number of aromatic nitrogens is 2. The van der Waals surface area contributed by atoms with Crippen molar-refractivity contribution >= 4 is 0 Å². The number of nitriles is 1. The predicted molar refractivity (Wildman–Crippen MR) is 72.8 cm³/mol. The molecule has 0 atom stereocenters. The van der Waals surface area contributed by atoms with Gasteiger partial charge >= 0.3 is 0 Å². The Labute approximate surface area is 112 Å². The highest BCUT2D eigenvalue weighted by Gasteiger charge is 2.11. The Morgan fingerprint density at radius 2 is 1.89 bits per heavy atom. The first-order valence-corrected chi connectivity index (χ1v) is 6.06. The van der Waals surface area contributed by atoms with Crippen molar-refractivity contribution in [3.05, 3.63) is 41.7 Å². The summed E-state index contributed by atoms with van der Waals surface area (Å²) in [6.07, 6.45) is 3.04. The summed E-state index contributed by atoms with van der Waals surface area (Å²) in [6, 6.07) is 8.00. The standard InChI is InChI=1S/C15H15N3O/c1-10(2)12-4-5-14(19-3)13(6-12)15-17-8-11(7-16)9-18-15/h4-6,8-10H,1-3H3. The molecule has 0 spiro atoms. The van der Waals surface area contributed by atoms with E-state index >= 15 is 0 Å². The van der Waals surface area contributed by atoms with E-state index in [0.717, 1.165) is 11.3 Å². The summed E-state index contributed by atoms with van der Waals surface area (Å²) in [7, 11) is 1.62. The fraction of sp³-hybridized carbons (Fsp3) is 0.267. The van der Waals surface area contributed by atoms with Gasteiger partial charge in [0.25, 0.3) is 0 Å². The lowest BCUT2D eigenvalue weighted by molar-refractivity contribution is 0.416. The summed E-state index contributed by atoms with van der Waals surface area (Å²) in [5, 5.41) is 8.76. The maximum Gasteiger partial charge on any atom is 0.162 e. The van der Waals surface area contributed by atoms with Crippen LogP contribution in [0.1, 0.15) is 30.9 Å². The van der Waals surface area contributed by atoms with Crippen LogP contribution in [0.25, 0.3) is 11.4 Å². The molecule has 2 aromatic rings. The van der Waals surface area contributed by atoms with Crippen molar-refractivity contribution in [3.63, 3.8) is 0 Å². The smallest absolute Gasteiger partial charge is 0.162 e. The van der Waals surface area contributed by atoms with Crippen molar-refractivity contribution in [2.75, 3.05) is 7.11 Å². The highest BCUT2D eigenvalue weighted by molar-refractivity contribution is 5.65. The summed E-state index contributed by atoms with van der Waals surface area (Å²) in [5.41, 5.74) is 2.49. The molecule has 0 fully saturated rings. The van der Waals surface area contributed by atoms with E-state index in [2.05, 4.69) is 23.8 Å². The summed E-state index contributed by atoms with van der Waals surface area (Å²) in [4.78, 5) is 8.43. The van der Waals surface area contributed by atoms with E-state index < -0.39 is 0 Å². The molecule has 1 aromatic heterocycles. The molecule has 4 heteroatoms. The quantitative estimate of drug-likeness (QED) is 0.843. The molecule has 0 saturated carbocycles. The molecule has 0 N–H and O–H groups in total. The summed E-state index contributed by atoms with van der Waals surface area (Å²) < 4.78 is 5.35. The monoisotopic (exact) mass is 253 g/mol. The Bertz CT molecular complexity index is 612. The van der Waals surface area contributed by atoms with Gasteiger partial charge in [-0.05, 0) is 23.6 Å². The molecule has 1 heterocycles. The maximum absolute atomic E-state index is 8.76. The molecule has 0 unspecified atom stereocenters. The van der Waals surface area contributed by atoms with Crippen molar-refractivity contribution < 1.29 is 4.74 Å². The average molecular weight is 253 g/mol. The fourth-order valence-electron chi connectivity index (χ4n) is 1.78. The number of methoxy groups -OCH3 is 1. The molecule has 4 nitrogen and oxygen atoms in total. The van der Waals surface area contributed by atoms with Crippen LogP contribution < -0.4 is 4.74 Å². The highest BCUT2D eigenvalue weighted by atomic mass is 16.5. The normalized spacial score (nSPS) is 10.3. The number of benzene rings is 1. The second-order valence-corrected chi connectivity index (χ2v) is 4.52. The highest BCUT2D eigenvalue weighted by Crippen LogP contribution is 2.30. The van der Waals surface area contributed by atoms with E-state index in [1.807, 2.05) is 24.3 Å². The minimum atomic E-state index is 0.419. The third-order valence-corrected chi connectivity index (χ3v) is 2.91. The van der Waals surface area contributed by atoms with Gasteiger partial charge in [-0.15, -0.1) is 0 Å². The van der Waals surface area contributed by atoms with Crippen LogP contribution in [0.5, 0.6) is 5.75 Å². The van der Waals surface area contributed by atoms with Gasteiger partial charge in [-0.25, -0.2) is 9.97 Å². The van der Waals surface area contributed by atoms with Crippen LogP contribution in [-0.4, -0.2) is 17.1 Å². The van der Waals surface area contributed by atoms with Crippen LogP contribution in [0, 0.1) is 11.3 Å². The van der Waals surface area contributed by atoms with Crippen molar-refractivity contribution in [2.24, 2.45) is 0 Å². The number of rotatable bonds is 3. The lowest BCUT2D eigenvalue weighted by Crippen LogP contribution is -1.96. The number of nitrogens with zero attached hydrogens (tertiary/aromatic N) is 3. The fourth-order valence-corrected chi connectivity index (χ4v) is 1.78. The molecule has 1 aromatic carbocycles. The Morgan fingerprint density at radius 1 is 1.21 bits per heavy atom. The van der Waals surface area contributed by atoms with Crippen LogP contribution >= 0.6 is 0 Å². The molecule has 0 amide bonds. The van der Waals surface area contributed by atoms with E-state index in [4.69, 9.17) is 10.00 Å². The Hall–Kier alpha value is -2.41. The third-order valence-electron chi connectivity index (χ3n) is 2.91. The van der Waals surface area contributed by atoms with Crippen molar-refractivity contribution in [2.45, 2.75) is 19.8 Å². The van der Waals surface area contributed by atoms with Crippen molar-refractivity contribution in [1.29, 1.82) is 5.26 Å². The minimum Gasteiger partial charge on any atom is -0.496 e. The molecule has 2 rings (SSSR count). The largest absolute Gasteiger partial charge is 0.496 e. The van der Waals surface area contributed by atoms with E-state index in [9.17, 15) is 0 Å². The van der Waals surface area contributed by atoms with Crippen LogP contribution in [0.4, 0.5) is 0 Å². The second-order valence-electron chi connectivity index (χ2n) is 4.52. The Kier molecular flexibility index (Phi) is 3.76. The van der Waals surface area contributed by atoms with Crippen LogP contribution in [0.2, 0.25) is 0 Å². The van der Waals surface area contributed by atoms with E-state index in [-0.39, 0.29) is 0 Å². The van der Waals surface area contributed by atoms with E-state index in [1.165, 1.54) is 18.0 Å². The van der Waals surface area contributed by atoms with Gasteiger partial charge in [-0.1, -0.05) is 19.9 Å². The minimum absolute atomic E-state index is 0.419. The molecule has 0 saturated heterocycles. The van der Waals surface area contributed by atoms with Crippen molar-refractivity contribution in [3.8, 4) is 23.2 Å². The van der Waals surface area contributed by atoms with Gasteiger partial charge in [0.2, 0.25) is 0 Å². The molecule has 0 aliphatic carbocycles. The molecule has 0 aliphatic rings. The van der Waals surface area contributed by atoms with Crippen LogP contribution in [0.15, 0.2) is 30.6 Å². The first-order valence-electron chi connectivity index (χ1n) is 6.06. The average Bonchev–Trinajstić information content (AvgIpc) is 2.46. The zero-order valence-corrected chi connectivity index (χ0v) is 11.2. The molecular formula is C15H15N3O. The van der Waals surface area contributed by atoms with Gasteiger partial charge in [0, 0.05) is 12.4 Å². The lowest BCUT2D eigenvalue weighted by atomic mass is 10.00. The maximum atomic E-state index is 8.76. The molecule has 0 aliphatic heterocycles. The van der Waals surface area contributed by atoms with Gasteiger partial charge in [-0.3, -0.25) is 0 Å². The molecule has 19 heavy (non-hydrogen) atoms. The topological polar surface area (TPSA) is 58.8 Å². The van der Waals surface area contributed by atoms with Gasteiger partial charge in [0.1, 0.15) is 11.8 Å². The predicted octanol–water partition coefficient (Wildman–Crippen LogP) is 3.15. The van der Waals surface area contributed by atoms with E-state index in [0.29, 0.717) is 17.3 Å². The summed E-state index contributed by atoms with van der Waals surface area (Å²) in [6.45, 7) is 4.26. The zero-order valence-electron chi connectivity index (χ0n) is 11.2. The number of hydrogen-bond donors (Lipinski definition) is 0. The number of hydrogen-bond acceptors (Lipinski definition) is 4. The second kappa shape index (κ2) is 5.49. The first-order chi connectivity index (χ1) is 9.15. The van der Waals surface area contributed by atoms with Crippen LogP contribution in [0.3, 0.4) is 0 Å². The van der Waals surface area contributed by atoms with Crippen LogP contribution in [-0.2, 0) is 0 Å². The molecule has 96 valence electrons. The molecular weight excluding hydrogens is 238 g/mol. The van der Waals surface area contributed by atoms with E-state index in [1.54, 1.807) is 7.11 Å². The molecule has 0 bridgehead atoms. The summed E-state index contributed by atoms with van der Waals surface area (Å²) >= 11 is 0. The molecule has 0 radical (unpaired) electrons. The Balaban J connectivity index is 2.52. The van der Waals surface area contributed by atoms with Gasteiger partial charge in [-0.2, -0.15) is 5.26 Å². The Morgan fingerprint density at radius 3 is 2.42 bits per heavy atom. The zero-order chi connectivity index (χ0) is 13.8. The van der Waals surface area contributed by atoms with Gasteiger partial charge in [0.15, 0.2) is 5.82 Å². The first kappa shape index (κ1) is 13.0. The SMILES string of the molecule is COc1ccc(C(C)C)cc1-c1ncc(C#N)cn1. The number of ether oxygens (including phenoxy) is 1. The van der Waals surface area contributed by atoms with Gasteiger partial charge < -0.3 is 4.74 Å².